The van der Waals surface area contributed by atoms with Crippen LogP contribution < -0.4 is 5.73 Å². The lowest BCUT2D eigenvalue weighted by Crippen LogP contribution is -2.20. The van der Waals surface area contributed by atoms with E-state index in [2.05, 4.69) is 0 Å². The highest BCUT2D eigenvalue weighted by atomic mass is 16.3. The zero-order chi connectivity index (χ0) is 10.0. The Morgan fingerprint density at radius 1 is 1.38 bits per heavy atom. The third-order valence-corrected chi connectivity index (χ3v) is 1.58. The molecule has 70 valence electrons. The van der Waals surface area contributed by atoms with Crippen LogP contribution in [0.3, 0.4) is 0 Å². The molecule has 0 aromatic heterocycles. The smallest absolute Gasteiger partial charge is 0.251 e. The molecule has 0 bridgehead atoms. The molecule has 5 nitrogen and oxygen atoms in total. The van der Waals surface area contributed by atoms with Crippen molar-refractivity contribution in [3.63, 3.8) is 0 Å². The Hall–Kier alpha value is -1.75. The number of aliphatic hydroxyl groups is 1. The second-order valence-corrected chi connectivity index (χ2v) is 2.55. The Kier molecular flexibility index (Phi) is 2.39. The molecule has 0 saturated heterocycles. The molecule has 0 fully saturated rings. The van der Waals surface area contributed by atoms with Crippen molar-refractivity contribution < 1.29 is 20.1 Å². The van der Waals surface area contributed by atoms with Gasteiger partial charge in [-0.1, -0.05) is 0 Å². The summed E-state index contributed by atoms with van der Waals surface area (Å²) >= 11 is 0. The molecule has 1 aromatic rings. The topological polar surface area (TPSA) is 104 Å². The van der Waals surface area contributed by atoms with Crippen LogP contribution in [0.5, 0.6) is 11.5 Å². The first kappa shape index (κ1) is 9.34. The van der Waals surface area contributed by atoms with E-state index in [1.807, 2.05) is 0 Å². The zero-order valence-corrected chi connectivity index (χ0v) is 6.64. The number of rotatable bonds is 2. The molecule has 13 heavy (non-hydrogen) atoms. The summed E-state index contributed by atoms with van der Waals surface area (Å²) in [5.74, 6) is -1.48. The molecule has 0 heterocycles. The molecule has 5 heteroatoms. The maximum Gasteiger partial charge on any atom is 0.251 e. The van der Waals surface area contributed by atoms with E-state index in [0.717, 1.165) is 6.07 Å². The van der Waals surface area contributed by atoms with Crippen molar-refractivity contribution in [2.24, 2.45) is 5.73 Å². The molecule has 0 spiro atoms. The predicted octanol–water partition coefficient (Wildman–Crippen LogP) is -0.384. The Labute approximate surface area is 74.0 Å². The number of phenolic OH excluding ortho intramolecular Hbond substituents is 2. The van der Waals surface area contributed by atoms with Crippen LogP contribution >= 0.6 is 0 Å². The minimum Gasteiger partial charge on any atom is -0.508 e. The van der Waals surface area contributed by atoms with Crippen molar-refractivity contribution in [1.29, 1.82) is 0 Å². The van der Waals surface area contributed by atoms with Crippen LogP contribution in [-0.4, -0.2) is 21.2 Å². The number of carbonyl (C=O) groups is 1. The van der Waals surface area contributed by atoms with Crippen molar-refractivity contribution in [1.82, 2.24) is 0 Å². The van der Waals surface area contributed by atoms with Crippen LogP contribution in [0, 0.1) is 0 Å². The molecule has 1 aromatic carbocycles. The summed E-state index contributed by atoms with van der Waals surface area (Å²) in [6, 6.07) is 3.47. The van der Waals surface area contributed by atoms with Gasteiger partial charge in [0.1, 0.15) is 11.5 Å². The van der Waals surface area contributed by atoms with Gasteiger partial charge in [0.05, 0.1) is 0 Å². The average Bonchev–Trinajstić information content (AvgIpc) is 2.03. The number of hydrogen-bond donors (Lipinski definition) is 4. The number of phenols is 2. The van der Waals surface area contributed by atoms with Gasteiger partial charge in [0, 0.05) is 11.6 Å². The van der Waals surface area contributed by atoms with Gasteiger partial charge in [-0.2, -0.15) is 0 Å². The van der Waals surface area contributed by atoms with Crippen molar-refractivity contribution in [2.45, 2.75) is 6.10 Å². The van der Waals surface area contributed by atoms with E-state index < -0.39 is 12.0 Å². The van der Waals surface area contributed by atoms with E-state index >= 15 is 0 Å². The number of aromatic hydroxyl groups is 2. The number of carbonyl (C=O) groups excluding carboxylic acids is 1. The van der Waals surface area contributed by atoms with Crippen molar-refractivity contribution >= 4 is 5.91 Å². The number of benzene rings is 1. The Morgan fingerprint density at radius 2 is 2.00 bits per heavy atom. The number of hydrogen-bond acceptors (Lipinski definition) is 4. The summed E-state index contributed by atoms with van der Waals surface area (Å²) in [7, 11) is 0. The molecule has 1 rings (SSSR count). The van der Waals surface area contributed by atoms with Crippen molar-refractivity contribution in [3.8, 4) is 11.5 Å². The maximum absolute atomic E-state index is 10.5. The second kappa shape index (κ2) is 3.32. The molecular formula is C8H9NO4. The molecule has 5 N–H and O–H groups in total. The van der Waals surface area contributed by atoms with Gasteiger partial charge in [-0.3, -0.25) is 4.79 Å². The van der Waals surface area contributed by atoms with Crippen molar-refractivity contribution in [2.75, 3.05) is 0 Å². The SMILES string of the molecule is NC(=O)C(O)c1ccc(O)cc1O. The maximum atomic E-state index is 10.5. The van der Waals surface area contributed by atoms with Gasteiger partial charge in [-0.15, -0.1) is 0 Å². The van der Waals surface area contributed by atoms with Gasteiger partial charge in [-0.25, -0.2) is 0 Å². The highest BCUT2D eigenvalue weighted by Crippen LogP contribution is 2.27. The molecule has 0 aliphatic rings. The van der Waals surface area contributed by atoms with Gasteiger partial charge in [0.25, 0.3) is 5.91 Å². The van der Waals surface area contributed by atoms with Crippen LogP contribution in [0.4, 0.5) is 0 Å². The zero-order valence-electron chi connectivity index (χ0n) is 6.64. The number of aliphatic hydroxyl groups excluding tert-OH is 1. The number of nitrogens with two attached hydrogens (primary N) is 1. The Balaban J connectivity index is 3.08. The first-order valence-corrected chi connectivity index (χ1v) is 3.51. The quantitative estimate of drug-likeness (QED) is 0.501. The van der Waals surface area contributed by atoms with Crippen LogP contribution in [0.1, 0.15) is 11.7 Å². The summed E-state index contributed by atoms with van der Waals surface area (Å²) in [6.45, 7) is 0. The van der Waals surface area contributed by atoms with Crippen LogP contribution in [0.25, 0.3) is 0 Å². The largest absolute Gasteiger partial charge is 0.508 e. The Morgan fingerprint density at radius 3 is 2.46 bits per heavy atom. The third kappa shape index (κ3) is 1.88. The Bertz CT molecular complexity index is 337. The summed E-state index contributed by atoms with van der Waals surface area (Å²) < 4.78 is 0. The molecule has 1 amide bonds. The fourth-order valence-corrected chi connectivity index (χ4v) is 0.917. The lowest BCUT2D eigenvalue weighted by Gasteiger charge is -2.08. The lowest BCUT2D eigenvalue weighted by molar-refractivity contribution is -0.126. The van der Waals surface area contributed by atoms with Gasteiger partial charge >= 0.3 is 0 Å². The summed E-state index contributed by atoms with van der Waals surface area (Å²) in [5.41, 5.74) is 4.79. The van der Waals surface area contributed by atoms with Gasteiger partial charge in [-0.05, 0) is 12.1 Å². The number of primary amides is 1. The minimum absolute atomic E-state index is 0.0229. The summed E-state index contributed by atoms with van der Waals surface area (Å²) in [6.07, 6.45) is -1.56. The summed E-state index contributed by atoms with van der Waals surface area (Å²) in [5, 5.41) is 27.2. The first-order valence-electron chi connectivity index (χ1n) is 3.51. The molecule has 0 aliphatic heterocycles. The number of amides is 1. The fraction of sp³-hybridized carbons (Fsp3) is 0.125. The standard InChI is InChI=1S/C8H9NO4/c9-8(13)7(12)5-2-1-4(10)3-6(5)11/h1-3,7,10-12H,(H2,9,13). The van der Waals surface area contributed by atoms with E-state index in [-0.39, 0.29) is 17.1 Å². The third-order valence-electron chi connectivity index (χ3n) is 1.58. The molecule has 0 aliphatic carbocycles. The second-order valence-electron chi connectivity index (χ2n) is 2.55. The highest BCUT2D eigenvalue weighted by molar-refractivity contribution is 5.81. The molecular weight excluding hydrogens is 174 g/mol. The van der Waals surface area contributed by atoms with Gasteiger partial charge in [0.2, 0.25) is 0 Å². The summed E-state index contributed by atoms with van der Waals surface area (Å²) in [4.78, 5) is 10.5. The minimum atomic E-state index is -1.56. The van der Waals surface area contributed by atoms with Crippen LogP contribution in [0.15, 0.2) is 18.2 Å². The van der Waals surface area contributed by atoms with Gasteiger partial charge in [0.15, 0.2) is 6.10 Å². The van der Waals surface area contributed by atoms with Crippen LogP contribution in [0.2, 0.25) is 0 Å². The van der Waals surface area contributed by atoms with E-state index in [1.165, 1.54) is 12.1 Å². The molecule has 1 unspecified atom stereocenters. The highest BCUT2D eigenvalue weighted by Gasteiger charge is 2.17. The lowest BCUT2D eigenvalue weighted by atomic mass is 10.1. The average molecular weight is 183 g/mol. The van der Waals surface area contributed by atoms with Gasteiger partial charge < -0.3 is 21.1 Å². The normalized spacial score (nSPS) is 12.4. The molecule has 0 radical (unpaired) electrons. The van der Waals surface area contributed by atoms with E-state index in [1.54, 1.807) is 0 Å². The fourth-order valence-electron chi connectivity index (χ4n) is 0.917. The van der Waals surface area contributed by atoms with E-state index in [9.17, 15) is 9.90 Å². The van der Waals surface area contributed by atoms with E-state index in [0.29, 0.717) is 0 Å². The van der Waals surface area contributed by atoms with Crippen LogP contribution in [-0.2, 0) is 4.79 Å². The molecule has 1 atom stereocenters. The predicted molar refractivity (Wildman–Crippen MR) is 43.9 cm³/mol. The first-order chi connectivity index (χ1) is 6.02. The van der Waals surface area contributed by atoms with E-state index in [4.69, 9.17) is 15.9 Å². The monoisotopic (exact) mass is 183 g/mol. The molecule has 0 saturated carbocycles. The van der Waals surface area contributed by atoms with Crippen molar-refractivity contribution in [3.05, 3.63) is 23.8 Å².